The first-order valence-electron chi connectivity index (χ1n) is 6.49. The quantitative estimate of drug-likeness (QED) is 0.649. The van der Waals surface area contributed by atoms with Crippen LogP contribution in [0.25, 0.3) is 0 Å². The second kappa shape index (κ2) is 8.08. The number of nitrogens with two attached hydrogens (primary N) is 1. The first-order valence-corrected chi connectivity index (χ1v) is 6.49. The maximum absolute atomic E-state index is 5.82. The van der Waals surface area contributed by atoms with Crippen LogP contribution in [0, 0.1) is 5.92 Å². The van der Waals surface area contributed by atoms with Crippen molar-refractivity contribution < 1.29 is 0 Å². The molecule has 3 unspecified atom stereocenters. The van der Waals surface area contributed by atoms with Crippen molar-refractivity contribution >= 4 is 0 Å². The van der Waals surface area contributed by atoms with Crippen molar-refractivity contribution in [3.05, 3.63) is 0 Å². The molecule has 0 aromatic carbocycles. The first-order chi connectivity index (χ1) is 7.27. The van der Waals surface area contributed by atoms with Crippen molar-refractivity contribution in [2.45, 2.75) is 59.3 Å². The van der Waals surface area contributed by atoms with E-state index in [1.165, 1.54) is 19.4 Å². The molecule has 2 saturated heterocycles. The molecule has 2 aliphatic rings. The van der Waals surface area contributed by atoms with Gasteiger partial charge in [-0.05, 0) is 38.8 Å². The first kappa shape index (κ1) is 14.9. The molecule has 3 heteroatoms. The van der Waals surface area contributed by atoms with Crippen LogP contribution < -0.4 is 11.1 Å². The second-order valence-corrected chi connectivity index (χ2v) is 3.82. The number of hydrogen-bond acceptors (Lipinski definition) is 3. The molecular formula is C12H29N3. The van der Waals surface area contributed by atoms with E-state index in [-0.39, 0.29) is 6.17 Å². The van der Waals surface area contributed by atoms with Gasteiger partial charge in [0.25, 0.3) is 0 Å². The highest BCUT2D eigenvalue weighted by atomic mass is 15.3. The smallest absolute Gasteiger partial charge is 0.0635 e. The number of nitrogens with zero attached hydrogens (tertiary/aromatic N) is 1. The zero-order valence-corrected chi connectivity index (χ0v) is 11.1. The lowest BCUT2D eigenvalue weighted by atomic mass is 9.95. The molecule has 3 atom stereocenters. The van der Waals surface area contributed by atoms with Crippen LogP contribution in [0.15, 0.2) is 0 Å². The third-order valence-corrected chi connectivity index (χ3v) is 3.01. The lowest BCUT2D eigenvalue weighted by Crippen LogP contribution is -2.54. The maximum atomic E-state index is 5.82. The van der Waals surface area contributed by atoms with E-state index in [0.29, 0.717) is 6.17 Å². The van der Waals surface area contributed by atoms with Crippen molar-refractivity contribution in [3.8, 4) is 0 Å². The Morgan fingerprint density at radius 1 is 1.07 bits per heavy atom. The topological polar surface area (TPSA) is 41.3 Å². The number of rotatable bonds is 0. The fourth-order valence-electron chi connectivity index (χ4n) is 2.29. The summed E-state index contributed by atoms with van der Waals surface area (Å²) in [6.07, 6.45) is 4.61. The largest absolute Gasteiger partial charge is 0.316 e. The Labute approximate surface area is 95.4 Å². The molecule has 0 aromatic rings. The fraction of sp³-hybridized carbons (Fsp3) is 1.00. The summed E-state index contributed by atoms with van der Waals surface area (Å²) in [5.41, 5.74) is 5.82. The van der Waals surface area contributed by atoms with Crippen LogP contribution in [0.3, 0.4) is 0 Å². The third-order valence-electron chi connectivity index (χ3n) is 3.01. The van der Waals surface area contributed by atoms with Gasteiger partial charge in [-0.25, -0.2) is 0 Å². The average molecular weight is 215 g/mol. The van der Waals surface area contributed by atoms with Crippen molar-refractivity contribution in [1.82, 2.24) is 10.2 Å². The Balaban J connectivity index is 0.000000442. The van der Waals surface area contributed by atoms with Gasteiger partial charge in [0, 0.05) is 0 Å². The van der Waals surface area contributed by atoms with Crippen LogP contribution in [0.2, 0.25) is 0 Å². The molecule has 0 radical (unpaired) electrons. The van der Waals surface area contributed by atoms with Crippen LogP contribution in [-0.2, 0) is 0 Å². The molecule has 3 N–H and O–H groups in total. The Morgan fingerprint density at radius 3 is 2.27 bits per heavy atom. The summed E-state index contributed by atoms with van der Waals surface area (Å²) in [6.45, 7) is 9.23. The van der Waals surface area contributed by atoms with E-state index in [4.69, 9.17) is 5.73 Å². The average Bonchev–Trinajstić information content (AvgIpc) is 2.66. The zero-order valence-electron chi connectivity index (χ0n) is 11.1. The van der Waals surface area contributed by atoms with Crippen molar-refractivity contribution in [3.63, 3.8) is 0 Å². The minimum atomic E-state index is 0.233. The van der Waals surface area contributed by atoms with E-state index in [2.05, 4.69) is 17.3 Å². The molecule has 0 aromatic heterocycles. The molecule has 0 aliphatic carbocycles. The summed E-state index contributed by atoms with van der Waals surface area (Å²) in [7, 11) is 2.18. The fourth-order valence-corrected chi connectivity index (χ4v) is 2.29. The normalized spacial score (nSPS) is 34.4. The minimum Gasteiger partial charge on any atom is -0.316 e. The molecule has 2 heterocycles. The summed E-state index contributed by atoms with van der Waals surface area (Å²) >= 11 is 0. The lowest BCUT2D eigenvalue weighted by Gasteiger charge is -2.34. The number of piperidine rings is 1. The van der Waals surface area contributed by atoms with Crippen molar-refractivity contribution in [2.24, 2.45) is 11.7 Å². The Kier molecular flexibility index (Phi) is 8.02. The Morgan fingerprint density at radius 2 is 1.67 bits per heavy atom. The monoisotopic (exact) mass is 215 g/mol. The van der Waals surface area contributed by atoms with Crippen molar-refractivity contribution in [1.29, 1.82) is 0 Å². The maximum Gasteiger partial charge on any atom is 0.0635 e. The van der Waals surface area contributed by atoms with E-state index >= 15 is 0 Å². The summed E-state index contributed by atoms with van der Waals surface area (Å²) in [5.74, 6) is 0.861. The Hall–Kier alpha value is -0.120. The van der Waals surface area contributed by atoms with Crippen molar-refractivity contribution in [2.75, 3.05) is 13.6 Å². The predicted molar refractivity (Wildman–Crippen MR) is 67.6 cm³/mol. The number of nitrogens with one attached hydrogen (secondary N) is 1. The minimum absolute atomic E-state index is 0.233. The third kappa shape index (κ3) is 4.09. The number of fused-ring (bicyclic) bond motifs is 1. The van der Waals surface area contributed by atoms with Crippen LogP contribution in [-0.4, -0.2) is 30.8 Å². The molecule has 15 heavy (non-hydrogen) atoms. The highest BCUT2D eigenvalue weighted by Gasteiger charge is 2.35. The van der Waals surface area contributed by atoms with Gasteiger partial charge in [-0.1, -0.05) is 27.7 Å². The predicted octanol–water partition coefficient (Wildman–Crippen LogP) is 1.98. The van der Waals surface area contributed by atoms with Gasteiger partial charge >= 0.3 is 0 Å². The SMILES string of the molecule is CC.CC.CN1CCC2CCC(N)NC21. The lowest BCUT2D eigenvalue weighted by molar-refractivity contribution is 0.159. The van der Waals surface area contributed by atoms with Crippen LogP contribution >= 0.6 is 0 Å². The summed E-state index contributed by atoms with van der Waals surface area (Å²) in [6, 6.07) is 0. The summed E-state index contributed by atoms with van der Waals surface area (Å²) in [5, 5.41) is 3.43. The van der Waals surface area contributed by atoms with Gasteiger partial charge in [-0.3, -0.25) is 10.2 Å². The van der Waals surface area contributed by atoms with E-state index in [1.54, 1.807) is 0 Å². The number of hydrogen-bond donors (Lipinski definition) is 2. The van der Waals surface area contributed by atoms with E-state index in [0.717, 1.165) is 12.3 Å². The molecule has 2 aliphatic heterocycles. The molecule has 2 rings (SSSR count). The van der Waals surface area contributed by atoms with E-state index < -0.39 is 0 Å². The van der Waals surface area contributed by atoms with Gasteiger partial charge in [0.1, 0.15) is 0 Å². The molecule has 0 bridgehead atoms. The van der Waals surface area contributed by atoms with E-state index in [9.17, 15) is 0 Å². The zero-order chi connectivity index (χ0) is 11.8. The highest BCUT2D eigenvalue weighted by Crippen LogP contribution is 2.28. The Bertz CT molecular complexity index is 150. The van der Waals surface area contributed by atoms with Gasteiger partial charge < -0.3 is 5.73 Å². The highest BCUT2D eigenvalue weighted by molar-refractivity contribution is 4.88. The number of likely N-dealkylation sites (tertiary alicyclic amines) is 1. The second-order valence-electron chi connectivity index (χ2n) is 3.82. The molecule has 0 saturated carbocycles. The molecule has 2 fully saturated rings. The summed E-state index contributed by atoms with van der Waals surface area (Å²) in [4.78, 5) is 2.38. The van der Waals surface area contributed by atoms with Crippen LogP contribution in [0.5, 0.6) is 0 Å². The molecular weight excluding hydrogens is 186 g/mol. The molecule has 0 spiro atoms. The van der Waals surface area contributed by atoms with Gasteiger partial charge in [0.2, 0.25) is 0 Å². The molecule has 92 valence electrons. The van der Waals surface area contributed by atoms with Gasteiger partial charge in [-0.15, -0.1) is 0 Å². The van der Waals surface area contributed by atoms with Gasteiger partial charge in [0.15, 0.2) is 0 Å². The van der Waals surface area contributed by atoms with Gasteiger partial charge in [-0.2, -0.15) is 0 Å². The van der Waals surface area contributed by atoms with Crippen LogP contribution in [0.4, 0.5) is 0 Å². The summed E-state index contributed by atoms with van der Waals surface area (Å²) < 4.78 is 0. The molecule has 0 amide bonds. The van der Waals surface area contributed by atoms with Gasteiger partial charge in [0.05, 0.1) is 12.3 Å². The van der Waals surface area contributed by atoms with Crippen LogP contribution in [0.1, 0.15) is 47.0 Å². The molecule has 3 nitrogen and oxygen atoms in total. The van der Waals surface area contributed by atoms with E-state index in [1.807, 2.05) is 27.7 Å². The standard InChI is InChI=1S/C8H17N3.2C2H6/c1-11-5-4-6-2-3-7(9)10-8(6)11;2*1-2/h6-8,10H,2-5,9H2,1H3;2*1-2H3.